The van der Waals surface area contributed by atoms with Gasteiger partial charge in [0.2, 0.25) is 0 Å². The van der Waals surface area contributed by atoms with E-state index in [1.165, 1.54) is 11.1 Å². The van der Waals surface area contributed by atoms with Gasteiger partial charge in [0.15, 0.2) is 0 Å². The fraction of sp³-hybridized carbons (Fsp3) is 0.120. The summed E-state index contributed by atoms with van der Waals surface area (Å²) < 4.78 is 24.1. The van der Waals surface area contributed by atoms with Crippen LogP contribution in [0.4, 0.5) is 17.1 Å². The monoisotopic (exact) mass is 398 g/mol. The topological polar surface area (TPSA) is 43.4 Å². The van der Waals surface area contributed by atoms with Gasteiger partial charge in [-0.05, 0) is 51.9 Å². The first-order valence-corrected chi connectivity index (χ1v) is 10.7. The third-order valence-electron chi connectivity index (χ3n) is 5.90. The SMILES string of the molecule is CC1(C)c2ccccc2N(c2cccc3cccc(S(=O)[O-])c23)c2ccccc21. The van der Waals surface area contributed by atoms with Crippen molar-refractivity contribution >= 4 is 38.9 Å². The number of hydrogen-bond acceptors (Lipinski definition) is 3. The van der Waals surface area contributed by atoms with Crippen LogP contribution in [-0.2, 0) is 16.5 Å². The smallest absolute Gasteiger partial charge is 0.0552 e. The molecule has 29 heavy (non-hydrogen) atoms. The molecule has 5 rings (SSSR count). The molecule has 0 saturated carbocycles. The van der Waals surface area contributed by atoms with E-state index < -0.39 is 11.1 Å². The van der Waals surface area contributed by atoms with Crippen LogP contribution in [0.25, 0.3) is 10.8 Å². The summed E-state index contributed by atoms with van der Waals surface area (Å²) in [4.78, 5) is 2.52. The van der Waals surface area contributed by atoms with Gasteiger partial charge in [0.1, 0.15) is 0 Å². The van der Waals surface area contributed by atoms with Gasteiger partial charge in [0, 0.05) is 15.7 Å². The summed E-state index contributed by atoms with van der Waals surface area (Å²) in [5.41, 5.74) is 5.31. The van der Waals surface area contributed by atoms with E-state index in [0.29, 0.717) is 4.90 Å². The Balaban J connectivity index is 1.91. The Labute approximate surface area is 172 Å². The maximum Gasteiger partial charge on any atom is 0.0552 e. The van der Waals surface area contributed by atoms with E-state index >= 15 is 0 Å². The number of fused-ring (bicyclic) bond motifs is 3. The molecule has 0 bridgehead atoms. The van der Waals surface area contributed by atoms with Crippen LogP contribution in [0.3, 0.4) is 0 Å². The highest BCUT2D eigenvalue weighted by Crippen LogP contribution is 2.52. The molecule has 3 nitrogen and oxygen atoms in total. The average molecular weight is 399 g/mol. The van der Waals surface area contributed by atoms with E-state index in [-0.39, 0.29) is 5.41 Å². The van der Waals surface area contributed by atoms with Crippen LogP contribution in [-0.4, -0.2) is 8.76 Å². The molecule has 0 radical (unpaired) electrons. The van der Waals surface area contributed by atoms with Gasteiger partial charge in [-0.2, -0.15) is 0 Å². The van der Waals surface area contributed by atoms with Crippen molar-refractivity contribution in [3.63, 3.8) is 0 Å². The highest BCUT2D eigenvalue weighted by atomic mass is 32.2. The van der Waals surface area contributed by atoms with Crippen molar-refractivity contribution in [2.45, 2.75) is 24.2 Å². The maximum atomic E-state index is 12.0. The predicted octanol–water partition coefficient (Wildman–Crippen LogP) is 6.19. The van der Waals surface area contributed by atoms with Gasteiger partial charge in [0.05, 0.1) is 17.1 Å². The number of anilines is 3. The zero-order valence-corrected chi connectivity index (χ0v) is 17.1. The van der Waals surface area contributed by atoms with Crippen molar-refractivity contribution in [2.75, 3.05) is 4.90 Å². The van der Waals surface area contributed by atoms with Crippen LogP contribution in [0.15, 0.2) is 89.8 Å². The molecule has 0 aromatic heterocycles. The van der Waals surface area contributed by atoms with Crippen molar-refractivity contribution < 1.29 is 8.76 Å². The average Bonchev–Trinajstić information content (AvgIpc) is 2.73. The molecule has 1 aliphatic rings. The largest absolute Gasteiger partial charge is 0.768 e. The van der Waals surface area contributed by atoms with Gasteiger partial charge in [-0.1, -0.05) is 74.5 Å². The maximum absolute atomic E-state index is 12.0. The van der Waals surface area contributed by atoms with E-state index in [1.807, 2.05) is 36.4 Å². The van der Waals surface area contributed by atoms with E-state index in [4.69, 9.17) is 0 Å². The molecule has 0 N–H and O–H groups in total. The molecular weight excluding hydrogens is 378 g/mol. The van der Waals surface area contributed by atoms with Gasteiger partial charge < -0.3 is 9.45 Å². The van der Waals surface area contributed by atoms with Gasteiger partial charge in [0.25, 0.3) is 0 Å². The molecule has 0 spiro atoms. The fourth-order valence-corrected chi connectivity index (χ4v) is 5.12. The van der Waals surface area contributed by atoms with Crippen LogP contribution in [0, 0.1) is 0 Å². The molecule has 4 aromatic rings. The number of nitrogens with zero attached hydrogens (tertiary/aromatic N) is 1. The highest BCUT2D eigenvalue weighted by molar-refractivity contribution is 7.79. The zero-order valence-electron chi connectivity index (χ0n) is 16.3. The number of hydrogen-bond donors (Lipinski definition) is 0. The van der Waals surface area contributed by atoms with E-state index in [2.05, 4.69) is 55.1 Å². The van der Waals surface area contributed by atoms with Gasteiger partial charge >= 0.3 is 0 Å². The van der Waals surface area contributed by atoms with Crippen molar-refractivity contribution in [1.29, 1.82) is 0 Å². The Morgan fingerprint density at radius 3 is 1.83 bits per heavy atom. The van der Waals surface area contributed by atoms with Crippen LogP contribution in [0.2, 0.25) is 0 Å². The summed E-state index contributed by atoms with van der Waals surface area (Å²) in [6.45, 7) is 4.48. The second kappa shape index (κ2) is 6.55. The van der Waals surface area contributed by atoms with Crippen LogP contribution >= 0.6 is 0 Å². The molecule has 1 unspecified atom stereocenters. The van der Waals surface area contributed by atoms with E-state index in [1.54, 1.807) is 12.1 Å². The van der Waals surface area contributed by atoms with Crippen LogP contribution < -0.4 is 4.90 Å². The van der Waals surface area contributed by atoms with E-state index in [0.717, 1.165) is 27.8 Å². The Bertz CT molecular complexity index is 1220. The zero-order chi connectivity index (χ0) is 20.2. The van der Waals surface area contributed by atoms with Crippen molar-refractivity contribution in [3.8, 4) is 0 Å². The molecule has 0 aliphatic carbocycles. The lowest BCUT2D eigenvalue weighted by molar-refractivity contribution is 0.538. The van der Waals surface area contributed by atoms with Crippen LogP contribution in [0.5, 0.6) is 0 Å². The number of rotatable bonds is 2. The fourth-order valence-electron chi connectivity index (χ4n) is 4.54. The highest BCUT2D eigenvalue weighted by Gasteiger charge is 2.36. The van der Waals surface area contributed by atoms with Crippen LogP contribution in [0.1, 0.15) is 25.0 Å². The lowest BCUT2D eigenvalue weighted by Gasteiger charge is -2.42. The summed E-state index contributed by atoms with van der Waals surface area (Å²) >= 11 is -2.33. The second-order valence-corrected chi connectivity index (χ2v) is 8.77. The molecule has 0 saturated heterocycles. The lowest BCUT2D eigenvalue weighted by Crippen LogP contribution is -2.30. The lowest BCUT2D eigenvalue weighted by atomic mass is 9.73. The molecule has 1 aliphatic heterocycles. The summed E-state index contributed by atoms with van der Waals surface area (Å²) in [7, 11) is 0. The van der Waals surface area contributed by atoms with Gasteiger partial charge in [-0.3, -0.25) is 4.21 Å². The Hall–Kier alpha value is -2.95. The predicted molar refractivity (Wildman–Crippen MR) is 118 cm³/mol. The van der Waals surface area contributed by atoms with Crippen molar-refractivity contribution in [2.24, 2.45) is 0 Å². The first kappa shape index (κ1) is 18.1. The first-order chi connectivity index (χ1) is 14.0. The Morgan fingerprint density at radius 1 is 0.724 bits per heavy atom. The molecule has 0 amide bonds. The van der Waals surface area contributed by atoms with Gasteiger partial charge in [-0.25, -0.2) is 0 Å². The Kier molecular flexibility index (Phi) is 4.09. The third-order valence-corrected chi connectivity index (χ3v) is 6.60. The summed E-state index contributed by atoms with van der Waals surface area (Å²) in [6.07, 6.45) is 0. The van der Waals surface area contributed by atoms with Crippen molar-refractivity contribution in [1.82, 2.24) is 0 Å². The molecule has 1 heterocycles. The summed E-state index contributed by atoms with van der Waals surface area (Å²) in [5.74, 6) is 0. The quantitative estimate of drug-likeness (QED) is 0.378. The van der Waals surface area contributed by atoms with Gasteiger partial charge in [-0.15, -0.1) is 0 Å². The van der Waals surface area contributed by atoms with Crippen molar-refractivity contribution in [3.05, 3.63) is 96.1 Å². The Morgan fingerprint density at radius 2 is 1.24 bits per heavy atom. The summed E-state index contributed by atoms with van der Waals surface area (Å²) in [5, 5.41) is 1.65. The normalized spacial score (nSPS) is 15.6. The summed E-state index contributed by atoms with van der Waals surface area (Å²) in [6, 6.07) is 28.1. The molecule has 4 heteroatoms. The molecular formula is C25H20NO2S-. The molecule has 1 atom stereocenters. The first-order valence-electron chi connectivity index (χ1n) is 9.60. The molecule has 4 aromatic carbocycles. The minimum atomic E-state index is -2.33. The number of para-hydroxylation sites is 2. The third kappa shape index (κ3) is 2.64. The number of benzene rings is 4. The minimum absolute atomic E-state index is 0.154. The molecule has 144 valence electrons. The molecule has 0 fully saturated rings. The standard InChI is InChI=1S/C25H21NO2S/c1-25(2)18-11-3-5-13-20(18)26(21-14-6-4-12-19(21)25)22-15-7-9-17-10-8-16-23(24(17)22)29(27)28/h3-16H,1-2H3,(H,27,28)/p-1. The van der Waals surface area contributed by atoms with E-state index in [9.17, 15) is 8.76 Å². The second-order valence-electron chi connectivity index (χ2n) is 7.86. The minimum Gasteiger partial charge on any atom is -0.768 e.